The van der Waals surface area contributed by atoms with E-state index in [1.165, 1.54) is 6.08 Å². The summed E-state index contributed by atoms with van der Waals surface area (Å²) in [6, 6.07) is 6.24. The Morgan fingerprint density at radius 3 is 2.86 bits per heavy atom. The van der Waals surface area contributed by atoms with Crippen molar-refractivity contribution in [1.29, 1.82) is 0 Å². The van der Waals surface area contributed by atoms with Crippen LogP contribution in [0.15, 0.2) is 36.9 Å². The van der Waals surface area contributed by atoms with Crippen molar-refractivity contribution in [3.8, 4) is 5.75 Å². The highest BCUT2D eigenvalue weighted by atomic mass is 16.5. The number of amides is 1. The van der Waals surface area contributed by atoms with Crippen molar-refractivity contribution >= 4 is 12.1 Å². The van der Waals surface area contributed by atoms with Crippen LogP contribution >= 0.6 is 0 Å². The molecule has 0 heterocycles. The minimum Gasteiger partial charge on any atom is -0.494 e. The fraction of sp³-hybridized carbons (Fsp3) is 0.333. The van der Waals surface area contributed by atoms with E-state index in [4.69, 9.17) is 14.6 Å². The molecule has 0 aromatic heterocycles. The van der Waals surface area contributed by atoms with Crippen LogP contribution in [0.3, 0.4) is 0 Å². The molecule has 0 saturated carbocycles. The lowest BCUT2D eigenvalue weighted by Crippen LogP contribution is -2.30. The monoisotopic (exact) mass is 293 g/mol. The highest BCUT2D eigenvalue weighted by Gasteiger charge is 2.19. The molecule has 0 radical (unpaired) electrons. The Kier molecular flexibility index (Phi) is 6.80. The number of carboxylic acids is 1. The SMILES string of the molecule is C=CCOC(=O)NC(CC(=O)O)c1cccc(OCC)c1. The van der Waals surface area contributed by atoms with Crippen molar-refractivity contribution in [2.45, 2.75) is 19.4 Å². The van der Waals surface area contributed by atoms with Gasteiger partial charge in [0, 0.05) is 0 Å². The van der Waals surface area contributed by atoms with Gasteiger partial charge < -0.3 is 19.9 Å². The van der Waals surface area contributed by atoms with Crippen molar-refractivity contribution in [3.05, 3.63) is 42.5 Å². The smallest absolute Gasteiger partial charge is 0.407 e. The lowest BCUT2D eigenvalue weighted by Gasteiger charge is -2.18. The van der Waals surface area contributed by atoms with Gasteiger partial charge in [-0.15, -0.1) is 0 Å². The van der Waals surface area contributed by atoms with Crippen molar-refractivity contribution in [3.63, 3.8) is 0 Å². The largest absolute Gasteiger partial charge is 0.494 e. The van der Waals surface area contributed by atoms with Crippen LogP contribution in [0.1, 0.15) is 24.9 Å². The van der Waals surface area contributed by atoms with Crippen LogP contribution in [0, 0.1) is 0 Å². The van der Waals surface area contributed by atoms with Crippen LogP contribution in [0.25, 0.3) is 0 Å². The van der Waals surface area contributed by atoms with Gasteiger partial charge >= 0.3 is 12.1 Å². The molecule has 0 aliphatic heterocycles. The summed E-state index contributed by atoms with van der Waals surface area (Å²) in [5, 5.41) is 11.5. The van der Waals surface area contributed by atoms with Gasteiger partial charge in [-0.1, -0.05) is 24.8 Å². The molecule has 2 N–H and O–H groups in total. The molecule has 0 saturated heterocycles. The number of ether oxygens (including phenoxy) is 2. The zero-order valence-electron chi connectivity index (χ0n) is 11.9. The van der Waals surface area contributed by atoms with E-state index in [1.54, 1.807) is 24.3 Å². The van der Waals surface area contributed by atoms with Crippen LogP contribution in [0.5, 0.6) is 5.75 Å². The molecule has 1 atom stereocenters. The predicted octanol–water partition coefficient (Wildman–Crippen LogP) is 2.51. The van der Waals surface area contributed by atoms with E-state index in [0.29, 0.717) is 17.9 Å². The molecule has 114 valence electrons. The number of benzene rings is 1. The number of hydrogen-bond donors (Lipinski definition) is 2. The second-order valence-corrected chi connectivity index (χ2v) is 4.19. The number of carbonyl (C=O) groups is 2. The first kappa shape index (κ1) is 16.6. The quantitative estimate of drug-likeness (QED) is 0.719. The third-order valence-corrected chi connectivity index (χ3v) is 2.57. The molecule has 6 heteroatoms. The number of nitrogens with one attached hydrogen (secondary N) is 1. The minimum absolute atomic E-state index is 0.0601. The second-order valence-electron chi connectivity index (χ2n) is 4.19. The molecule has 6 nitrogen and oxygen atoms in total. The average Bonchev–Trinajstić information content (AvgIpc) is 2.44. The van der Waals surface area contributed by atoms with E-state index in [1.807, 2.05) is 6.92 Å². The zero-order chi connectivity index (χ0) is 15.7. The van der Waals surface area contributed by atoms with Crippen molar-refractivity contribution < 1.29 is 24.2 Å². The van der Waals surface area contributed by atoms with Crippen molar-refractivity contribution in [1.82, 2.24) is 5.32 Å². The summed E-state index contributed by atoms with van der Waals surface area (Å²) in [5.74, 6) is -0.405. The Balaban J connectivity index is 2.85. The van der Waals surface area contributed by atoms with Crippen LogP contribution in [0.4, 0.5) is 4.79 Å². The van der Waals surface area contributed by atoms with E-state index in [9.17, 15) is 9.59 Å². The van der Waals surface area contributed by atoms with Gasteiger partial charge in [0.1, 0.15) is 12.4 Å². The Hall–Kier alpha value is -2.50. The van der Waals surface area contributed by atoms with E-state index >= 15 is 0 Å². The summed E-state index contributed by atoms with van der Waals surface area (Å²) < 4.78 is 10.2. The number of alkyl carbamates (subject to hydrolysis) is 1. The number of carbonyl (C=O) groups excluding carboxylic acids is 1. The Morgan fingerprint density at radius 1 is 1.48 bits per heavy atom. The van der Waals surface area contributed by atoms with E-state index < -0.39 is 18.1 Å². The van der Waals surface area contributed by atoms with E-state index in [2.05, 4.69) is 11.9 Å². The van der Waals surface area contributed by atoms with E-state index in [-0.39, 0.29) is 13.0 Å². The first-order valence-electron chi connectivity index (χ1n) is 6.55. The van der Waals surface area contributed by atoms with Gasteiger partial charge in [-0.3, -0.25) is 4.79 Å². The fourth-order valence-electron chi connectivity index (χ4n) is 1.73. The normalized spacial score (nSPS) is 11.3. The number of carboxylic acid groups (broad SMARTS) is 1. The second kappa shape index (κ2) is 8.63. The molecule has 1 aromatic carbocycles. The molecule has 1 aromatic rings. The first-order valence-corrected chi connectivity index (χ1v) is 6.55. The van der Waals surface area contributed by atoms with Gasteiger partial charge in [-0.25, -0.2) is 4.79 Å². The first-order chi connectivity index (χ1) is 10.1. The van der Waals surface area contributed by atoms with Gasteiger partial charge in [-0.05, 0) is 24.6 Å². The molecule has 0 bridgehead atoms. The molecule has 0 fully saturated rings. The highest BCUT2D eigenvalue weighted by Crippen LogP contribution is 2.22. The third-order valence-electron chi connectivity index (χ3n) is 2.57. The topological polar surface area (TPSA) is 84.9 Å². The summed E-state index contributed by atoms with van der Waals surface area (Å²) >= 11 is 0. The molecular formula is C15H19NO5. The van der Waals surface area contributed by atoms with Crippen LogP contribution in [0.2, 0.25) is 0 Å². The number of aliphatic carboxylic acids is 1. The molecule has 21 heavy (non-hydrogen) atoms. The summed E-state index contributed by atoms with van der Waals surface area (Å²) in [6.45, 7) is 5.85. The van der Waals surface area contributed by atoms with Gasteiger partial charge in [0.2, 0.25) is 0 Å². The summed E-state index contributed by atoms with van der Waals surface area (Å²) in [6.07, 6.45) is 0.489. The lowest BCUT2D eigenvalue weighted by atomic mass is 10.0. The molecule has 0 aliphatic rings. The van der Waals surface area contributed by atoms with Crippen LogP contribution < -0.4 is 10.1 Å². The molecule has 1 unspecified atom stereocenters. The number of hydrogen-bond acceptors (Lipinski definition) is 4. The van der Waals surface area contributed by atoms with E-state index in [0.717, 1.165) is 0 Å². The molecule has 0 spiro atoms. The van der Waals surface area contributed by atoms with Crippen molar-refractivity contribution in [2.75, 3.05) is 13.2 Å². The van der Waals surface area contributed by atoms with Gasteiger partial charge in [0.15, 0.2) is 0 Å². The van der Waals surface area contributed by atoms with Gasteiger partial charge in [0.25, 0.3) is 0 Å². The average molecular weight is 293 g/mol. The van der Waals surface area contributed by atoms with Crippen LogP contribution in [-0.4, -0.2) is 30.4 Å². The fourth-order valence-corrected chi connectivity index (χ4v) is 1.73. The maximum Gasteiger partial charge on any atom is 0.407 e. The van der Waals surface area contributed by atoms with Crippen LogP contribution in [-0.2, 0) is 9.53 Å². The molecular weight excluding hydrogens is 274 g/mol. The maximum atomic E-state index is 11.6. The minimum atomic E-state index is -1.02. The Bertz CT molecular complexity index is 501. The molecule has 0 aliphatic carbocycles. The summed E-state index contributed by atoms with van der Waals surface area (Å²) in [5.41, 5.74) is 0.638. The van der Waals surface area contributed by atoms with Gasteiger partial charge in [0.05, 0.1) is 19.1 Å². The summed E-state index contributed by atoms with van der Waals surface area (Å²) in [4.78, 5) is 22.5. The Morgan fingerprint density at radius 2 is 2.24 bits per heavy atom. The predicted molar refractivity (Wildman–Crippen MR) is 77.3 cm³/mol. The molecule has 1 amide bonds. The highest BCUT2D eigenvalue weighted by molar-refractivity contribution is 5.72. The van der Waals surface area contributed by atoms with Gasteiger partial charge in [-0.2, -0.15) is 0 Å². The molecule has 1 rings (SSSR count). The van der Waals surface area contributed by atoms with Crippen molar-refractivity contribution in [2.24, 2.45) is 0 Å². The zero-order valence-corrected chi connectivity index (χ0v) is 11.9. The summed E-state index contributed by atoms with van der Waals surface area (Å²) in [7, 11) is 0. The lowest BCUT2D eigenvalue weighted by molar-refractivity contribution is -0.137. The number of rotatable bonds is 8. The Labute approximate surface area is 123 Å². The third kappa shape index (κ3) is 5.99. The standard InChI is InChI=1S/C15H19NO5/c1-3-8-21-15(19)16-13(10-14(17)18)11-6-5-7-12(9-11)20-4-2/h3,5-7,9,13H,1,4,8,10H2,2H3,(H,16,19)(H,17,18). The maximum absolute atomic E-state index is 11.6.